The molecule has 0 saturated carbocycles. The molecule has 150 valence electrons. The van der Waals surface area contributed by atoms with Gasteiger partial charge in [0.2, 0.25) is 10.0 Å². The standard InChI is InChI=1S/C18H20N2O6S2/c1-14(21)15-4-2-6-17(12-15)27(22,23)19-16-5-3-7-18(13-16)28(24,25)20-8-10-26-11-9-20/h2-7,12-13,19H,8-11H2,1H3. The second-order valence-electron chi connectivity index (χ2n) is 6.23. The number of ether oxygens (including phenoxy) is 1. The zero-order valence-corrected chi connectivity index (χ0v) is 16.8. The van der Waals surface area contributed by atoms with Gasteiger partial charge in [-0.15, -0.1) is 0 Å². The lowest BCUT2D eigenvalue weighted by Gasteiger charge is -2.26. The molecule has 0 spiro atoms. The zero-order valence-electron chi connectivity index (χ0n) is 15.2. The van der Waals surface area contributed by atoms with E-state index in [2.05, 4.69) is 4.72 Å². The molecule has 8 nitrogen and oxygen atoms in total. The quantitative estimate of drug-likeness (QED) is 0.707. The van der Waals surface area contributed by atoms with Gasteiger partial charge in [-0.1, -0.05) is 18.2 Å². The number of sulfonamides is 2. The van der Waals surface area contributed by atoms with Crippen LogP contribution in [0.2, 0.25) is 0 Å². The molecule has 2 aromatic rings. The van der Waals surface area contributed by atoms with E-state index in [4.69, 9.17) is 4.74 Å². The molecule has 1 N–H and O–H groups in total. The first-order chi connectivity index (χ1) is 13.2. The number of carbonyl (C=O) groups excluding carboxylic acids is 1. The summed E-state index contributed by atoms with van der Waals surface area (Å²) in [5, 5.41) is 0. The van der Waals surface area contributed by atoms with E-state index in [-0.39, 0.29) is 39.9 Å². The van der Waals surface area contributed by atoms with Crippen LogP contribution in [0.25, 0.3) is 0 Å². The minimum atomic E-state index is -3.99. The van der Waals surface area contributed by atoms with Crippen LogP contribution in [0.15, 0.2) is 58.3 Å². The van der Waals surface area contributed by atoms with Gasteiger partial charge in [-0.05, 0) is 37.3 Å². The highest BCUT2D eigenvalue weighted by molar-refractivity contribution is 7.92. The fraction of sp³-hybridized carbons (Fsp3) is 0.278. The maximum Gasteiger partial charge on any atom is 0.261 e. The predicted octanol–water partition coefficient (Wildman–Crippen LogP) is 1.71. The van der Waals surface area contributed by atoms with Crippen LogP contribution in [0, 0.1) is 0 Å². The highest BCUT2D eigenvalue weighted by Gasteiger charge is 2.27. The molecule has 0 aliphatic carbocycles. The third kappa shape index (κ3) is 4.41. The molecule has 0 unspecified atom stereocenters. The smallest absolute Gasteiger partial charge is 0.261 e. The Morgan fingerprint density at radius 2 is 1.61 bits per heavy atom. The maximum absolute atomic E-state index is 12.8. The van der Waals surface area contributed by atoms with Gasteiger partial charge in [0.1, 0.15) is 0 Å². The number of ketones is 1. The summed E-state index contributed by atoms with van der Waals surface area (Å²) >= 11 is 0. The van der Waals surface area contributed by atoms with Crippen LogP contribution >= 0.6 is 0 Å². The molecule has 1 aliphatic rings. The van der Waals surface area contributed by atoms with Crippen LogP contribution in [0.4, 0.5) is 5.69 Å². The molecule has 0 radical (unpaired) electrons. The van der Waals surface area contributed by atoms with Crippen LogP contribution in [0.1, 0.15) is 17.3 Å². The van der Waals surface area contributed by atoms with Crippen molar-refractivity contribution in [3.8, 4) is 0 Å². The Balaban J connectivity index is 1.88. The Bertz CT molecular complexity index is 1090. The minimum absolute atomic E-state index is 0.00733. The number of hydrogen-bond donors (Lipinski definition) is 1. The average molecular weight is 425 g/mol. The van der Waals surface area contributed by atoms with E-state index in [0.717, 1.165) is 0 Å². The Kier molecular flexibility index (Phi) is 5.84. The highest BCUT2D eigenvalue weighted by atomic mass is 32.2. The molecule has 0 amide bonds. The number of hydrogen-bond acceptors (Lipinski definition) is 6. The maximum atomic E-state index is 12.8. The number of morpholine rings is 1. The van der Waals surface area contributed by atoms with Crippen LogP contribution in [-0.2, 0) is 24.8 Å². The number of anilines is 1. The third-order valence-corrected chi connectivity index (χ3v) is 7.52. The van der Waals surface area contributed by atoms with Gasteiger partial charge in [0.25, 0.3) is 10.0 Å². The van der Waals surface area contributed by atoms with Gasteiger partial charge in [0.05, 0.1) is 28.7 Å². The van der Waals surface area contributed by atoms with Crippen LogP contribution < -0.4 is 4.72 Å². The van der Waals surface area contributed by atoms with Gasteiger partial charge < -0.3 is 4.74 Å². The van der Waals surface area contributed by atoms with E-state index < -0.39 is 20.0 Å². The van der Waals surface area contributed by atoms with Crippen molar-refractivity contribution in [2.24, 2.45) is 0 Å². The third-order valence-electron chi connectivity index (χ3n) is 4.24. The van der Waals surface area contributed by atoms with E-state index >= 15 is 0 Å². The summed E-state index contributed by atoms with van der Waals surface area (Å²) in [5.74, 6) is -0.254. The van der Waals surface area contributed by atoms with Crippen molar-refractivity contribution in [1.82, 2.24) is 4.31 Å². The van der Waals surface area contributed by atoms with E-state index in [9.17, 15) is 21.6 Å². The lowest BCUT2D eigenvalue weighted by molar-refractivity contribution is 0.0730. The monoisotopic (exact) mass is 424 g/mol. The van der Waals surface area contributed by atoms with Crippen LogP contribution in [-0.4, -0.2) is 53.2 Å². The topological polar surface area (TPSA) is 110 Å². The minimum Gasteiger partial charge on any atom is -0.379 e. The summed E-state index contributed by atoms with van der Waals surface area (Å²) in [7, 11) is -7.74. The van der Waals surface area contributed by atoms with E-state index in [1.807, 2.05) is 0 Å². The Morgan fingerprint density at radius 1 is 0.964 bits per heavy atom. The predicted molar refractivity (Wildman–Crippen MR) is 103 cm³/mol. The second kappa shape index (κ2) is 8.00. The number of nitrogens with one attached hydrogen (secondary N) is 1. The summed E-state index contributed by atoms with van der Waals surface area (Å²) < 4.78 is 59.6. The summed E-state index contributed by atoms with van der Waals surface area (Å²) in [5.41, 5.74) is 0.383. The Morgan fingerprint density at radius 3 is 2.29 bits per heavy atom. The molecule has 1 aliphatic heterocycles. The Hall–Kier alpha value is -2.27. The summed E-state index contributed by atoms with van der Waals surface area (Å²) in [4.78, 5) is 11.4. The SMILES string of the molecule is CC(=O)c1cccc(S(=O)(=O)Nc2cccc(S(=O)(=O)N3CCOCC3)c2)c1. The van der Waals surface area contributed by atoms with Crippen molar-refractivity contribution < 1.29 is 26.4 Å². The number of Topliss-reactive ketones (excluding diaryl/α,β-unsaturated/α-hetero) is 1. The van der Waals surface area contributed by atoms with Gasteiger partial charge in [-0.2, -0.15) is 4.31 Å². The van der Waals surface area contributed by atoms with Crippen molar-refractivity contribution >= 4 is 31.5 Å². The molecule has 0 aromatic heterocycles. The highest BCUT2D eigenvalue weighted by Crippen LogP contribution is 2.23. The lowest BCUT2D eigenvalue weighted by atomic mass is 10.2. The molecule has 10 heteroatoms. The van der Waals surface area contributed by atoms with Gasteiger partial charge in [0, 0.05) is 18.7 Å². The van der Waals surface area contributed by atoms with Crippen LogP contribution in [0.5, 0.6) is 0 Å². The number of carbonyl (C=O) groups is 1. The van der Waals surface area contributed by atoms with Crippen molar-refractivity contribution in [2.45, 2.75) is 16.7 Å². The molecule has 28 heavy (non-hydrogen) atoms. The molecule has 1 heterocycles. The molecule has 2 aromatic carbocycles. The van der Waals surface area contributed by atoms with Crippen molar-refractivity contribution in [3.63, 3.8) is 0 Å². The van der Waals surface area contributed by atoms with Crippen molar-refractivity contribution in [1.29, 1.82) is 0 Å². The average Bonchev–Trinajstić information content (AvgIpc) is 2.68. The van der Waals surface area contributed by atoms with Gasteiger partial charge in [0.15, 0.2) is 5.78 Å². The summed E-state index contributed by atoms with van der Waals surface area (Å²) in [6.45, 7) is 2.47. The molecular weight excluding hydrogens is 404 g/mol. The molecule has 0 bridgehead atoms. The Labute approximate surface area is 164 Å². The second-order valence-corrected chi connectivity index (χ2v) is 9.85. The fourth-order valence-corrected chi connectivity index (χ4v) is 5.30. The summed E-state index contributed by atoms with van der Waals surface area (Å²) in [6.07, 6.45) is 0. The van der Waals surface area contributed by atoms with E-state index in [1.54, 1.807) is 0 Å². The first-order valence-corrected chi connectivity index (χ1v) is 11.4. The largest absolute Gasteiger partial charge is 0.379 e. The van der Waals surface area contributed by atoms with Crippen molar-refractivity contribution in [3.05, 3.63) is 54.1 Å². The van der Waals surface area contributed by atoms with Crippen molar-refractivity contribution in [2.75, 3.05) is 31.0 Å². The number of benzene rings is 2. The van der Waals surface area contributed by atoms with Gasteiger partial charge in [-0.25, -0.2) is 16.8 Å². The summed E-state index contributed by atoms with van der Waals surface area (Å²) in [6, 6.07) is 11.3. The van der Waals surface area contributed by atoms with Gasteiger partial charge >= 0.3 is 0 Å². The van der Waals surface area contributed by atoms with Crippen LogP contribution in [0.3, 0.4) is 0 Å². The molecule has 1 fully saturated rings. The van der Waals surface area contributed by atoms with E-state index in [0.29, 0.717) is 13.2 Å². The number of rotatable bonds is 6. The molecule has 0 atom stereocenters. The fourth-order valence-electron chi connectivity index (χ4n) is 2.75. The normalized spacial score (nSPS) is 15.9. The van der Waals surface area contributed by atoms with E-state index in [1.165, 1.54) is 59.8 Å². The molecule has 3 rings (SSSR count). The zero-order chi connectivity index (χ0) is 20.4. The van der Waals surface area contributed by atoms with Gasteiger partial charge in [-0.3, -0.25) is 9.52 Å². The first-order valence-electron chi connectivity index (χ1n) is 8.52. The molecule has 1 saturated heterocycles. The first kappa shape index (κ1) is 20.5. The molecular formula is C18H20N2O6S2. The number of nitrogens with zero attached hydrogens (tertiary/aromatic N) is 1. The lowest BCUT2D eigenvalue weighted by Crippen LogP contribution is -2.40.